The van der Waals surface area contributed by atoms with Crippen LogP contribution < -0.4 is 0 Å². The third kappa shape index (κ3) is 5.69. The number of para-hydroxylation sites is 1. The first-order valence-electron chi connectivity index (χ1n) is 21.7. The second-order valence-electron chi connectivity index (χ2n) is 16.5. The van der Waals surface area contributed by atoms with Crippen LogP contribution in [-0.4, -0.2) is 19.6 Å². The molecule has 0 atom stereocenters. The molecule has 64 heavy (non-hydrogen) atoms. The Morgan fingerprint density at radius 2 is 1.19 bits per heavy atom. The van der Waals surface area contributed by atoms with Crippen molar-refractivity contribution in [1.29, 1.82) is 0 Å². The molecule has 1 aliphatic rings. The van der Waals surface area contributed by atoms with E-state index in [-0.39, 0.29) is 0 Å². The summed E-state index contributed by atoms with van der Waals surface area (Å²) in [6, 6.07) is 64.0. The molecule has 1 N–H and O–H groups in total. The van der Waals surface area contributed by atoms with Gasteiger partial charge in [0.25, 0.3) is 0 Å². The first-order valence-corrected chi connectivity index (χ1v) is 22.5. The fourth-order valence-corrected chi connectivity index (χ4v) is 11.0. The maximum Gasteiger partial charge on any atom is 0.179 e. The lowest BCUT2D eigenvalue weighted by Gasteiger charge is -2.21. The van der Waals surface area contributed by atoms with Crippen molar-refractivity contribution in [1.82, 2.24) is 14.5 Å². The van der Waals surface area contributed by atoms with Crippen molar-refractivity contribution in [3.05, 3.63) is 199 Å². The summed E-state index contributed by atoms with van der Waals surface area (Å²) in [5.74, 6) is 1.84. The number of allylic oxidation sites excluding steroid dienone is 1. The van der Waals surface area contributed by atoms with Crippen LogP contribution >= 0.6 is 11.3 Å². The van der Waals surface area contributed by atoms with Gasteiger partial charge in [-0.25, -0.2) is 9.97 Å². The number of fused-ring (bicyclic) bond motifs is 9. The molecule has 0 spiro atoms. The fourth-order valence-electron chi connectivity index (χ4n) is 9.85. The smallest absolute Gasteiger partial charge is 0.179 e. The molecular formula is C58H37N3O2S. The molecule has 5 nitrogen and oxygen atoms in total. The second kappa shape index (κ2) is 14.5. The highest BCUT2D eigenvalue weighted by Crippen LogP contribution is 2.48. The molecule has 0 saturated carbocycles. The number of aryl methyl sites for hydroxylation is 1. The molecule has 302 valence electrons. The number of thiophene rings is 1. The summed E-state index contributed by atoms with van der Waals surface area (Å²) in [5.41, 5.74) is 14.6. The number of hydrogen-bond acceptors (Lipinski definition) is 5. The number of benzene rings is 8. The van der Waals surface area contributed by atoms with Crippen molar-refractivity contribution in [2.45, 2.75) is 12.8 Å². The molecule has 0 radical (unpaired) electrons. The van der Waals surface area contributed by atoms with Crippen molar-refractivity contribution < 1.29 is 9.52 Å². The van der Waals surface area contributed by atoms with E-state index in [4.69, 9.17) is 14.4 Å². The van der Waals surface area contributed by atoms with Crippen LogP contribution in [-0.2, 0) is 6.42 Å². The molecule has 0 unspecified atom stereocenters. The van der Waals surface area contributed by atoms with Gasteiger partial charge in [-0.2, -0.15) is 0 Å². The van der Waals surface area contributed by atoms with Crippen LogP contribution in [0.25, 0.3) is 121 Å². The van der Waals surface area contributed by atoms with Gasteiger partial charge in [0, 0.05) is 64.3 Å². The largest absolute Gasteiger partial charge is 0.507 e. The molecule has 13 rings (SSSR count). The number of furan rings is 1. The van der Waals surface area contributed by atoms with Gasteiger partial charge in [0.1, 0.15) is 22.7 Å². The van der Waals surface area contributed by atoms with E-state index in [9.17, 15) is 5.11 Å². The minimum atomic E-state index is 0.314. The highest BCUT2D eigenvalue weighted by atomic mass is 32.1. The molecule has 1 aliphatic carbocycles. The normalized spacial score (nSPS) is 12.6. The average Bonchev–Trinajstić information content (AvgIpc) is 4.04. The lowest BCUT2D eigenvalue weighted by Crippen LogP contribution is -2.02. The number of aromatic nitrogens is 3. The van der Waals surface area contributed by atoms with Gasteiger partial charge in [0.2, 0.25) is 0 Å². The highest BCUT2D eigenvalue weighted by Gasteiger charge is 2.26. The molecule has 8 aromatic carbocycles. The summed E-state index contributed by atoms with van der Waals surface area (Å²) in [5, 5.41) is 16.2. The molecule has 12 aromatic rings. The van der Waals surface area contributed by atoms with Gasteiger partial charge in [-0.3, -0.25) is 0 Å². The van der Waals surface area contributed by atoms with Gasteiger partial charge in [-0.15, -0.1) is 11.3 Å². The number of rotatable bonds is 6. The highest BCUT2D eigenvalue weighted by molar-refractivity contribution is 7.25. The van der Waals surface area contributed by atoms with E-state index < -0.39 is 0 Å². The van der Waals surface area contributed by atoms with Crippen LogP contribution in [0, 0.1) is 0 Å². The van der Waals surface area contributed by atoms with Gasteiger partial charge in [0.15, 0.2) is 11.4 Å². The Kier molecular flexibility index (Phi) is 8.30. The first-order chi connectivity index (χ1) is 31.7. The number of phenols is 1. The van der Waals surface area contributed by atoms with Crippen molar-refractivity contribution >= 4 is 70.5 Å². The Morgan fingerprint density at radius 3 is 1.94 bits per heavy atom. The molecule has 0 amide bonds. The van der Waals surface area contributed by atoms with Crippen molar-refractivity contribution in [2.24, 2.45) is 0 Å². The summed E-state index contributed by atoms with van der Waals surface area (Å²) in [7, 11) is 0. The predicted molar refractivity (Wildman–Crippen MR) is 265 cm³/mol. The lowest BCUT2D eigenvalue weighted by molar-refractivity contribution is 0.484. The average molecular weight is 840 g/mol. The second-order valence-corrected chi connectivity index (χ2v) is 17.6. The van der Waals surface area contributed by atoms with E-state index >= 15 is 0 Å². The summed E-state index contributed by atoms with van der Waals surface area (Å²) >= 11 is 1.71. The number of nitrogens with zero attached hydrogens (tertiary/aromatic N) is 3. The van der Waals surface area contributed by atoms with Gasteiger partial charge < -0.3 is 14.1 Å². The Balaban J connectivity index is 1.10. The topological polar surface area (TPSA) is 64.1 Å². The van der Waals surface area contributed by atoms with Gasteiger partial charge >= 0.3 is 0 Å². The van der Waals surface area contributed by atoms with Crippen LogP contribution in [0.3, 0.4) is 0 Å². The zero-order chi connectivity index (χ0) is 42.3. The van der Waals surface area contributed by atoms with E-state index in [1.54, 1.807) is 11.3 Å². The Hall–Kier alpha value is -8.06. The lowest BCUT2D eigenvalue weighted by atomic mass is 9.91. The zero-order valence-corrected chi connectivity index (χ0v) is 35.3. The third-order valence-electron chi connectivity index (χ3n) is 12.8. The Morgan fingerprint density at radius 1 is 0.531 bits per heavy atom. The summed E-state index contributed by atoms with van der Waals surface area (Å²) in [6.07, 6.45) is 6.06. The van der Waals surface area contributed by atoms with Crippen molar-refractivity contribution in [2.75, 3.05) is 0 Å². The van der Waals surface area contributed by atoms with Crippen LogP contribution in [0.2, 0.25) is 0 Å². The number of phenolic OH excluding ortho intramolecular Hbond substituents is 1. The van der Waals surface area contributed by atoms with Crippen LogP contribution in [0.4, 0.5) is 0 Å². The molecule has 4 aromatic heterocycles. The van der Waals surface area contributed by atoms with Crippen molar-refractivity contribution in [3.8, 4) is 67.5 Å². The number of hydrogen-bond donors (Lipinski definition) is 1. The molecule has 0 fully saturated rings. The molecule has 0 bridgehead atoms. The van der Waals surface area contributed by atoms with Gasteiger partial charge in [-0.1, -0.05) is 140 Å². The fraction of sp³-hybridized carbons (Fsp3) is 0.0345. The molecule has 4 heterocycles. The first kappa shape index (κ1) is 36.6. The Labute approximate surface area is 372 Å². The van der Waals surface area contributed by atoms with E-state index in [1.807, 2.05) is 24.3 Å². The van der Waals surface area contributed by atoms with Crippen molar-refractivity contribution in [3.63, 3.8) is 0 Å². The maximum absolute atomic E-state index is 12.0. The zero-order valence-electron chi connectivity index (χ0n) is 34.5. The maximum atomic E-state index is 12.0. The van der Waals surface area contributed by atoms with Gasteiger partial charge in [-0.05, 0) is 84.1 Å². The number of aromatic hydroxyl groups is 1. The predicted octanol–water partition coefficient (Wildman–Crippen LogP) is 15.7. The molecule has 6 heteroatoms. The molecule has 0 aliphatic heterocycles. The minimum Gasteiger partial charge on any atom is -0.507 e. The third-order valence-corrected chi connectivity index (χ3v) is 13.9. The van der Waals surface area contributed by atoms with E-state index in [1.165, 1.54) is 4.70 Å². The molecule has 0 saturated heterocycles. The van der Waals surface area contributed by atoms with Gasteiger partial charge in [0.05, 0.1) is 16.7 Å². The summed E-state index contributed by atoms with van der Waals surface area (Å²) in [6.45, 7) is 0. The van der Waals surface area contributed by atoms with Crippen LogP contribution in [0.15, 0.2) is 192 Å². The van der Waals surface area contributed by atoms with Crippen LogP contribution in [0.5, 0.6) is 5.75 Å². The SMILES string of the molecule is Oc1c(-c2ccc3c(c2)c2ccccc2n3-c2c(-c3ccccc3)cc(-c3nc(-c4ccccc4)nc4c5c(oc34)C=CCC5)cc2-c2ccccc2)ccc2sc3ccccc3c12. The Bertz CT molecular complexity index is 3780. The standard InChI is InChI=1S/C58H37N3O2S/c62-56-40(29-31-51-52(56)43-24-12-15-27-50(43)64-51)38-28-30-48-46(32-38)41-22-10-13-25-47(41)61(48)55-44(35-16-4-1-5-17-35)33-39(34-45(55)36-18-6-2-7-19-36)53-57-54(42-23-11-14-26-49(42)63-57)60-58(59-53)37-20-8-3-9-21-37/h1-10,12-22,24-34,62H,11,23H2. The quantitative estimate of drug-likeness (QED) is 0.181. The summed E-state index contributed by atoms with van der Waals surface area (Å²) in [4.78, 5) is 10.6. The van der Waals surface area contributed by atoms with E-state index in [2.05, 4.69) is 174 Å². The molecular weight excluding hydrogens is 803 g/mol. The summed E-state index contributed by atoms with van der Waals surface area (Å²) < 4.78 is 11.4. The monoisotopic (exact) mass is 839 g/mol. The minimum absolute atomic E-state index is 0.314. The van der Waals surface area contributed by atoms with E-state index in [0.717, 1.165) is 123 Å². The van der Waals surface area contributed by atoms with Crippen LogP contribution in [0.1, 0.15) is 17.7 Å². The van der Waals surface area contributed by atoms with E-state index in [0.29, 0.717) is 17.2 Å².